The summed E-state index contributed by atoms with van der Waals surface area (Å²) in [5, 5.41) is 2.21. The molecule has 11 aromatic carbocycles. The van der Waals surface area contributed by atoms with Crippen LogP contribution in [0.3, 0.4) is 0 Å². The topological polar surface area (TPSA) is 16.4 Å². The van der Waals surface area contributed by atoms with E-state index in [1.165, 1.54) is 66.8 Å². The SMILES string of the molecule is CC1(C)c2ccccc2-c2ccc(N(c3ccc(-c4cccc5c4oc4c(-c6ccc(C7(c8ccccc8)c8ccccc8-c8ccccc87)cc6)cccc45)cc3)c3ccccc3-c3ccccc3)cc21. The molecular formula is C70H49NO. The number of hydrogen-bond acceptors (Lipinski definition) is 2. The fourth-order valence-corrected chi connectivity index (χ4v) is 12.5. The van der Waals surface area contributed by atoms with Crippen molar-refractivity contribution in [3.63, 3.8) is 0 Å². The number of hydrogen-bond donors (Lipinski definition) is 0. The molecule has 2 aliphatic rings. The lowest BCUT2D eigenvalue weighted by Gasteiger charge is -2.34. The summed E-state index contributed by atoms with van der Waals surface area (Å²) in [4.78, 5) is 2.43. The average molecular weight is 920 g/mol. The highest BCUT2D eigenvalue weighted by Gasteiger charge is 2.46. The summed E-state index contributed by atoms with van der Waals surface area (Å²) in [7, 11) is 0. The quantitative estimate of drug-likeness (QED) is 0.151. The molecule has 2 nitrogen and oxygen atoms in total. The Morgan fingerprint density at radius 1 is 0.306 bits per heavy atom. The summed E-state index contributed by atoms with van der Waals surface area (Å²) in [6.45, 7) is 4.71. The molecule has 1 heterocycles. The molecule has 2 aliphatic carbocycles. The van der Waals surface area contributed by atoms with Gasteiger partial charge in [-0.05, 0) is 103 Å². The van der Waals surface area contributed by atoms with E-state index in [9.17, 15) is 0 Å². The van der Waals surface area contributed by atoms with Gasteiger partial charge in [-0.3, -0.25) is 0 Å². The van der Waals surface area contributed by atoms with Crippen LogP contribution >= 0.6 is 0 Å². The fourth-order valence-electron chi connectivity index (χ4n) is 12.5. The van der Waals surface area contributed by atoms with Crippen molar-refractivity contribution in [3.8, 4) is 55.6 Å². The molecule has 14 rings (SSSR count). The van der Waals surface area contributed by atoms with Crippen molar-refractivity contribution in [1.82, 2.24) is 0 Å². The van der Waals surface area contributed by atoms with Crippen LogP contribution in [0.1, 0.15) is 47.2 Å². The first-order valence-electron chi connectivity index (χ1n) is 25.1. The van der Waals surface area contributed by atoms with E-state index in [1.54, 1.807) is 0 Å². The van der Waals surface area contributed by atoms with Crippen molar-refractivity contribution in [3.05, 3.63) is 294 Å². The maximum atomic E-state index is 7.10. The first-order chi connectivity index (χ1) is 35.5. The van der Waals surface area contributed by atoms with Crippen LogP contribution in [0.2, 0.25) is 0 Å². The van der Waals surface area contributed by atoms with Crippen LogP contribution in [-0.2, 0) is 10.8 Å². The van der Waals surface area contributed by atoms with Gasteiger partial charge >= 0.3 is 0 Å². The lowest BCUT2D eigenvalue weighted by Crippen LogP contribution is -2.28. The van der Waals surface area contributed by atoms with E-state index in [-0.39, 0.29) is 5.41 Å². The molecule has 0 N–H and O–H groups in total. The predicted molar refractivity (Wildman–Crippen MR) is 300 cm³/mol. The highest BCUT2D eigenvalue weighted by Crippen LogP contribution is 2.57. The smallest absolute Gasteiger partial charge is 0.143 e. The Morgan fingerprint density at radius 2 is 0.736 bits per heavy atom. The Labute approximate surface area is 420 Å². The highest BCUT2D eigenvalue weighted by atomic mass is 16.3. The van der Waals surface area contributed by atoms with Crippen molar-refractivity contribution in [2.75, 3.05) is 4.90 Å². The van der Waals surface area contributed by atoms with E-state index in [2.05, 4.69) is 280 Å². The molecule has 0 aliphatic heterocycles. The Kier molecular flexibility index (Phi) is 9.50. The van der Waals surface area contributed by atoms with E-state index in [4.69, 9.17) is 4.42 Å². The van der Waals surface area contributed by atoms with E-state index < -0.39 is 5.41 Å². The summed E-state index contributed by atoms with van der Waals surface area (Å²) >= 11 is 0. The molecule has 340 valence electrons. The Balaban J connectivity index is 0.862. The van der Waals surface area contributed by atoms with Crippen LogP contribution in [-0.4, -0.2) is 0 Å². The van der Waals surface area contributed by atoms with E-state index >= 15 is 0 Å². The van der Waals surface area contributed by atoms with Crippen molar-refractivity contribution in [2.45, 2.75) is 24.7 Å². The fraction of sp³-hybridized carbons (Fsp3) is 0.0571. The summed E-state index contributed by atoms with van der Waals surface area (Å²) in [5.41, 5.74) is 24.3. The number of para-hydroxylation sites is 3. The number of anilines is 3. The zero-order valence-corrected chi connectivity index (χ0v) is 40.2. The molecule has 72 heavy (non-hydrogen) atoms. The molecular weight excluding hydrogens is 871 g/mol. The minimum Gasteiger partial charge on any atom is -0.455 e. The largest absolute Gasteiger partial charge is 0.455 e. The Hall–Kier alpha value is -8.98. The van der Waals surface area contributed by atoms with Gasteiger partial charge in [0, 0.05) is 44.3 Å². The van der Waals surface area contributed by atoms with Gasteiger partial charge in [0.15, 0.2) is 0 Å². The molecule has 0 amide bonds. The second kappa shape index (κ2) is 16.3. The van der Waals surface area contributed by atoms with Gasteiger partial charge in [0.05, 0.1) is 11.1 Å². The van der Waals surface area contributed by atoms with Gasteiger partial charge in [0.1, 0.15) is 11.2 Å². The molecule has 0 saturated heterocycles. The number of furan rings is 1. The lowest BCUT2D eigenvalue weighted by molar-refractivity contribution is 0.660. The molecule has 2 heteroatoms. The number of rotatable bonds is 8. The van der Waals surface area contributed by atoms with Crippen LogP contribution in [0.25, 0.3) is 77.6 Å². The van der Waals surface area contributed by atoms with Gasteiger partial charge < -0.3 is 9.32 Å². The Morgan fingerprint density at radius 3 is 1.35 bits per heavy atom. The minimum atomic E-state index is -0.449. The van der Waals surface area contributed by atoms with Gasteiger partial charge in [0.25, 0.3) is 0 Å². The average Bonchev–Trinajstić information content (AvgIpc) is 4.06. The summed E-state index contributed by atoms with van der Waals surface area (Å²) < 4.78 is 7.10. The second-order valence-corrected chi connectivity index (χ2v) is 19.9. The van der Waals surface area contributed by atoms with Crippen LogP contribution in [0.5, 0.6) is 0 Å². The van der Waals surface area contributed by atoms with Crippen LogP contribution in [0.4, 0.5) is 17.1 Å². The van der Waals surface area contributed by atoms with Crippen LogP contribution < -0.4 is 4.90 Å². The van der Waals surface area contributed by atoms with Gasteiger partial charge in [-0.15, -0.1) is 0 Å². The van der Waals surface area contributed by atoms with E-state index in [0.29, 0.717) is 0 Å². The van der Waals surface area contributed by atoms with Crippen molar-refractivity contribution >= 4 is 39.0 Å². The molecule has 12 aromatic rings. The van der Waals surface area contributed by atoms with Gasteiger partial charge in [-0.25, -0.2) is 0 Å². The van der Waals surface area contributed by atoms with Crippen molar-refractivity contribution in [2.24, 2.45) is 0 Å². The van der Waals surface area contributed by atoms with Crippen LogP contribution in [0, 0.1) is 0 Å². The predicted octanol–water partition coefficient (Wildman–Crippen LogP) is 18.7. The third-order valence-electron chi connectivity index (χ3n) is 15.8. The molecule has 0 atom stereocenters. The molecule has 0 fully saturated rings. The normalized spacial score (nSPS) is 13.6. The van der Waals surface area contributed by atoms with Gasteiger partial charge in [-0.1, -0.05) is 244 Å². The Bertz CT molecular complexity index is 4000. The molecule has 0 bridgehead atoms. The first kappa shape index (κ1) is 41.9. The highest BCUT2D eigenvalue weighted by molar-refractivity contribution is 6.13. The summed E-state index contributed by atoms with van der Waals surface area (Å²) in [5.74, 6) is 0. The zero-order chi connectivity index (χ0) is 48.0. The molecule has 0 unspecified atom stereocenters. The van der Waals surface area contributed by atoms with Crippen molar-refractivity contribution in [1.29, 1.82) is 0 Å². The van der Waals surface area contributed by atoms with E-state index in [1.807, 2.05) is 0 Å². The molecule has 0 spiro atoms. The molecule has 0 radical (unpaired) electrons. The number of nitrogens with zero attached hydrogens (tertiary/aromatic N) is 1. The monoisotopic (exact) mass is 919 g/mol. The standard InChI is InChI=1S/C70H49NO/c1-69(2)62-31-13-9-24-56(62)59-44-43-52(45-65(59)69)71(66-34-16-12-23-53(66)46-19-5-3-6-20-46)51-41-37-48(38-42-51)55-28-18-30-61-60-29-17-27-54(67(60)72-68(55)61)47-35-39-50(40-36-47)70(49-21-7-4-8-22-49)63-32-14-10-25-57(63)58-26-11-15-33-64(58)70/h3-45H,1-2H3. The number of benzene rings is 11. The van der Waals surface area contributed by atoms with Gasteiger partial charge in [-0.2, -0.15) is 0 Å². The molecule has 1 aromatic heterocycles. The van der Waals surface area contributed by atoms with E-state index in [0.717, 1.165) is 61.3 Å². The third-order valence-corrected chi connectivity index (χ3v) is 15.8. The summed E-state index contributed by atoms with van der Waals surface area (Å²) in [6.07, 6.45) is 0. The zero-order valence-electron chi connectivity index (χ0n) is 40.2. The minimum absolute atomic E-state index is 0.133. The maximum absolute atomic E-state index is 7.10. The van der Waals surface area contributed by atoms with Crippen LogP contribution in [0.15, 0.2) is 265 Å². The lowest BCUT2D eigenvalue weighted by atomic mass is 9.67. The second-order valence-electron chi connectivity index (χ2n) is 19.9. The number of fused-ring (bicyclic) bond motifs is 9. The third kappa shape index (κ3) is 6.22. The van der Waals surface area contributed by atoms with Crippen molar-refractivity contribution < 1.29 is 4.42 Å². The molecule has 0 saturated carbocycles. The maximum Gasteiger partial charge on any atom is 0.143 e. The first-order valence-corrected chi connectivity index (χ1v) is 25.1. The summed E-state index contributed by atoms with van der Waals surface area (Å²) in [6, 6.07) is 95.6. The van der Waals surface area contributed by atoms with Gasteiger partial charge in [0.2, 0.25) is 0 Å².